The molecule has 1 aliphatic carbocycles. The third-order valence-corrected chi connectivity index (χ3v) is 5.54. The fourth-order valence-corrected chi connectivity index (χ4v) is 4.16. The lowest BCUT2D eigenvalue weighted by atomic mass is 9.86. The molecule has 0 unspecified atom stereocenters. The molecule has 1 saturated carbocycles. The summed E-state index contributed by atoms with van der Waals surface area (Å²) in [7, 11) is 0. The minimum absolute atomic E-state index is 0. The van der Waals surface area contributed by atoms with E-state index in [1.807, 2.05) is 6.20 Å². The van der Waals surface area contributed by atoms with Crippen LogP contribution in [-0.2, 0) is 6.42 Å². The highest BCUT2D eigenvalue weighted by molar-refractivity contribution is 14.0. The van der Waals surface area contributed by atoms with Gasteiger partial charge in [0.1, 0.15) is 0 Å². The first-order chi connectivity index (χ1) is 11.2. The number of guanidine groups is 1. The van der Waals surface area contributed by atoms with Crippen LogP contribution < -0.4 is 5.32 Å². The summed E-state index contributed by atoms with van der Waals surface area (Å²) in [4.78, 5) is 7.38. The lowest BCUT2D eigenvalue weighted by Crippen LogP contribution is -2.41. The Hall–Kier alpha value is -0.790. The van der Waals surface area contributed by atoms with Crippen molar-refractivity contribution in [1.82, 2.24) is 20.4 Å². The lowest BCUT2D eigenvalue weighted by molar-refractivity contribution is 0.309. The van der Waals surface area contributed by atoms with Crippen molar-refractivity contribution in [3.05, 3.63) is 17.5 Å². The van der Waals surface area contributed by atoms with E-state index in [0.717, 1.165) is 31.9 Å². The molecule has 2 fully saturated rings. The number of aromatic amines is 1. The smallest absolute Gasteiger partial charge is 0.193 e. The molecule has 2 aliphatic rings. The molecular weight excluding hydrogens is 413 g/mol. The van der Waals surface area contributed by atoms with Crippen molar-refractivity contribution in [3.63, 3.8) is 0 Å². The number of aromatic nitrogens is 2. The van der Waals surface area contributed by atoms with E-state index >= 15 is 0 Å². The van der Waals surface area contributed by atoms with Crippen LogP contribution in [0.4, 0.5) is 0 Å². The third-order valence-electron chi connectivity index (χ3n) is 5.54. The second-order valence-corrected chi connectivity index (χ2v) is 7.24. The predicted molar refractivity (Wildman–Crippen MR) is 110 cm³/mol. The van der Waals surface area contributed by atoms with Gasteiger partial charge in [0.05, 0.1) is 6.20 Å². The van der Waals surface area contributed by atoms with Gasteiger partial charge in [0, 0.05) is 31.9 Å². The lowest BCUT2D eigenvalue weighted by Gasteiger charge is -2.26. The molecule has 0 bridgehead atoms. The number of hydrogen-bond acceptors (Lipinski definition) is 2. The zero-order valence-electron chi connectivity index (χ0n) is 15.1. The zero-order valence-corrected chi connectivity index (χ0v) is 17.4. The second kappa shape index (κ2) is 9.06. The van der Waals surface area contributed by atoms with Crippen molar-refractivity contribution in [2.45, 2.75) is 58.8 Å². The van der Waals surface area contributed by atoms with Gasteiger partial charge in [-0.05, 0) is 56.9 Å². The maximum absolute atomic E-state index is 4.88. The summed E-state index contributed by atoms with van der Waals surface area (Å²) >= 11 is 0. The van der Waals surface area contributed by atoms with Gasteiger partial charge in [0.25, 0.3) is 0 Å². The maximum atomic E-state index is 4.88. The predicted octanol–water partition coefficient (Wildman–Crippen LogP) is 3.50. The molecule has 0 radical (unpaired) electrons. The molecule has 0 amide bonds. The first-order valence-corrected chi connectivity index (χ1v) is 9.24. The van der Waals surface area contributed by atoms with Gasteiger partial charge in [-0.15, -0.1) is 24.0 Å². The number of aliphatic imine (C=N–C) groups is 1. The summed E-state index contributed by atoms with van der Waals surface area (Å²) in [5.41, 5.74) is 3.10. The minimum Gasteiger partial charge on any atom is -0.357 e. The molecule has 24 heavy (non-hydrogen) atoms. The highest BCUT2D eigenvalue weighted by Gasteiger charge is 2.40. The average molecular weight is 445 g/mol. The van der Waals surface area contributed by atoms with Gasteiger partial charge < -0.3 is 10.2 Å². The number of likely N-dealkylation sites (tertiary alicyclic amines) is 1. The summed E-state index contributed by atoms with van der Waals surface area (Å²) < 4.78 is 0. The van der Waals surface area contributed by atoms with E-state index in [0.29, 0.717) is 5.41 Å². The monoisotopic (exact) mass is 445 g/mol. The van der Waals surface area contributed by atoms with Gasteiger partial charge in [-0.3, -0.25) is 10.1 Å². The number of halogens is 1. The number of H-pyrrole nitrogens is 1. The molecule has 1 aromatic rings. The Labute approximate surface area is 163 Å². The topological polar surface area (TPSA) is 56.3 Å². The van der Waals surface area contributed by atoms with E-state index in [-0.39, 0.29) is 24.0 Å². The fraction of sp³-hybridized carbons (Fsp3) is 0.778. The molecule has 3 rings (SSSR count). The maximum Gasteiger partial charge on any atom is 0.193 e. The first-order valence-electron chi connectivity index (χ1n) is 9.24. The van der Waals surface area contributed by atoms with Crippen molar-refractivity contribution in [2.24, 2.45) is 10.4 Å². The quantitative estimate of drug-likeness (QED) is 0.316. The molecule has 1 saturated heterocycles. The Morgan fingerprint density at radius 1 is 1.38 bits per heavy atom. The molecule has 1 spiro atoms. The van der Waals surface area contributed by atoms with Gasteiger partial charge in [-0.1, -0.05) is 12.8 Å². The van der Waals surface area contributed by atoms with Crippen molar-refractivity contribution < 1.29 is 0 Å². The van der Waals surface area contributed by atoms with Gasteiger partial charge in [0.15, 0.2) is 5.96 Å². The molecule has 1 aromatic heterocycles. The van der Waals surface area contributed by atoms with E-state index in [4.69, 9.17) is 4.99 Å². The minimum atomic E-state index is 0. The van der Waals surface area contributed by atoms with Gasteiger partial charge >= 0.3 is 0 Å². The van der Waals surface area contributed by atoms with Crippen molar-refractivity contribution >= 4 is 29.9 Å². The summed E-state index contributed by atoms with van der Waals surface area (Å²) in [6.45, 7) is 8.46. The number of hydrogen-bond donors (Lipinski definition) is 2. The third kappa shape index (κ3) is 4.64. The molecule has 0 atom stereocenters. The highest BCUT2D eigenvalue weighted by Crippen LogP contribution is 2.45. The highest BCUT2D eigenvalue weighted by atomic mass is 127. The van der Waals surface area contributed by atoms with Gasteiger partial charge in [-0.25, -0.2) is 0 Å². The number of aryl methyl sites for hydroxylation is 2. The Balaban J connectivity index is 0.00000208. The van der Waals surface area contributed by atoms with Crippen molar-refractivity contribution in [2.75, 3.05) is 26.2 Å². The summed E-state index contributed by atoms with van der Waals surface area (Å²) in [6, 6.07) is 0. The largest absolute Gasteiger partial charge is 0.357 e. The molecular formula is C18H32IN5. The first kappa shape index (κ1) is 19.5. The van der Waals surface area contributed by atoms with E-state index in [2.05, 4.69) is 34.3 Å². The molecule has 0 aromatic carbocycles. The van der Waals surface area contributed by atoms with E-state index in [1.165, 1.54) is 56.5 Å². The standard InChI is InChI=1S/C18H31N5.HI/c1-3-19-17(20-11-6-7-16-13-21-22-15(16)2)23-12-10-18(14-23)8-4-5-9-18;/h13H,3-12,14H2,1-2H3,(H,19,20)(H,21,22);1H. The van der Waals surface area contributed by atoms with Crippen LogP contribution in [0.1, 0.15) is 56.7 Å². The normalized spacial score (nSPS) is 19.8. The van der Waals surface area contributed by atoms with Crippen molar-refractivity contribution in [3.8, 4) is 0 Å². The molecule has 1 aliphatic heterocycles. The van der Waals surface area contributed by atoms with Crippen LogP contribution in [0.3, 0.4) is 0 Å². The summed E-state index contributed by atoms with van der Waals surface area (Å²) in [5.74, 6) is 1.13. The molecule has 6 heteroatoms. The van der Waals surface area contributed by atoms with Crippen LogP contribution in [0, 0.1) is 12.3 Å². The molecule has 2 N–H and O–H groups in total. The summed E-state index contributed by atoms with van der Waals surface area (Å²) in [6.07, 6.45) is 11.1. The van der Waals surface area contributed by atoms with Crippen LogP contribution in [0.15, 0.2) is 11.2 Å². The van der Waals surface area contributed by atoms with E-state index in [9.17, 15) is 0 Å². The number of nitrogens with one attached hydrogen (secondary N) is 2. The average Bonchev–Trinajstić information content (AvgIpc) is 3.27. The van der Waals surface area contributed by atoms with E-state index in [1.54, 1.807) is 0 Å². The second-order valence-electron chi connectivity index (χ2n) is 7.24. The number of rotatable bonds is 5. The SMILES string of the molecule is CCNC(=NCCCc1cn[nH]c1C)N1CCC2(CCCC2)C1.I. The Morgan fingerprint density at radius 2 is 2.17 bits per heavy atom. The van der Waals surface area contributed by atoms with Gasteiger partial charge in [0.2, 0.25) is 0 Å². The van der Waals surface area contributed by atoms with Crippen LogP contribution in [-0.4, -0.2) is 47.2 Å². The van der Waals surface area contributed by atoms with Crippen LogP contribution in [0.2, 0.25) is 0 Å². The Bertz CT molecular complexity index is 533. The van der Waals surface area contributed by atoms with Crippen LogP contribution in [0.25, 0.3) is 0 Å². The molecule has 2 heterocycles. The van der Waals surface area contributed by atoms with Gasteiger partial charge in [-0.2, -0.15) is 5.10 Å². The zero-order chi connectivity index (χ0) is 16.1. The Kier molecular flexibility index (Phi) is 7.37. The molecule has 136 valence electrons. The number of nitrogens with zero attached hydrogens (tertiary/aromatic N) is 3. The fourth-order valence-electron chi connectivity index (χ4n) is 4.16. The molecule has 5 nitrogen and oxygen atoms in total. The summed E-state index contributed by atoms with van der Waals surface area (Å²) in [5, 5.41) is 10.6. The Morgan fingerprint density at radius 3 is 2.83 bits per heavy atom. The van der Waals surface area contributed by atoms with Crippen LogP contribution >= 0.6 is 24.0 Å². The van der Waals surface area contributed by atoms with Crippen LogP contribution in [0.5, 0.6) is 0 Å². The van der Waals surface area contributed by atoms with E-state index < -0.39 is 0 Å². The van der Waals surface area contributed by atoms with Crippen molar-refractivity contribution in [1.29, 1.82) is 0 Å².